The third kappa shape index (κ3) is 3.29. The van der Waals surface area contributed by atoms with Crippen molar-refractivity contribution in [2.75, 3.05) is 19.8 Å². The summed E-state index contributed by atoms with van der Waals surface area (Å²) >= 11 is 0. The number of aromatic nitrogens is 1. The van der Waals surface area contributed by atoms with E-state index in [-0.39, 0.29) is 19.3 Å². The second-order valence-corrected chi connectivity index (χ2v) is 4.25. The van der Waals surface area contributed by atoms with E-state index in [1.54, 1.807) is 0 Å². The summed E-state index contributed by atoms with van der Waals surface area (Å²) in [6.45, 7) is 0.884. The molecule has 1 aromatic carbocycles. The number of rotatable bonds is 7. The molecule has 0 amide bonds. The molecule has 0 bridgehead atoms. The minimum Gasteiger partial charge on any atom is -0.443 e. The van der Waals surface area contributed by atoms with Crippen LogP contribution in [0.25, 0.3) is 11.1 Å². The molecule has 1 atom stereocenters. The summed E-state index contributed by atoms with van der Waals surface area (Å²) in [7, 11) is 0. The largest absolute Gasteiger partial charge is 0.443 e. The number of fused-ring (bicyclic) bond motifs is 1. The molecular formula is C13H18N2O3. The Hall–Kier alpha value is -1.43. The van der Waals surface area contributed by atoms with Gasteiger partial charge in [-0.25, -0.2) is 4.98 Å². The van der Waals surface area contributed by atoms with Crippen molar-refractivity contribution in [3.63, 3.8) is 0 Å². The van der Waals surface area contributed by atoms with Gasteiger partial charge >= 0.3 is 0 Å². The van der Waals surface area contributed by atoms with Gasteiger partial charge in [0.05, 0.1) is 6.61 Å². The highest BCUT2D eigenvalue weighted by Crippen LogP contribution is 2.14. The minimum absolute atomic E-state index is 0.0380. The third-order valence-electron chi connectivity index (χ3n) is 2.94. The van der Waals surface area contributed by atoms with E-state index in [1.807, 2.05) is 18.2 Å². The van der Waals surface area contributed by atoms with Crippen LogP contribution in [0.15, 0.2) is 29.0 Å². The minimum atomic E-state index is -0.0380. The van der Waals surface area contributed by atoms with Crippen LogP contribution >= 0.6 is 0 Å². The molecule has 0 spiro atoms. The average Bonchev–Trinajstić information content (AvgIpc) is 2.85. The van der Waals surface area contributed by atoms with E-state index < -0.39 is 0 Å². The summed E-state index contributed by atoms with van der Waals surface area (Å²) in [5, 5.41) is 21.1. The average molecular weight is 250 g/mol. The van der Waals surface area contributed by atoms with Crippen molar-refractivity contribution in [1.29, 1.82) is 0 Å². The molecule has 0 saturated heterocycles. The molecule has 0 saturated carbocycles. The number of nitrogens with one attached hydrogen (secondary N) is 1. The molecule has 5 heteroatoms. The molecule has 18 heavy (non-hydrogen) atoms. The van der Waals surface area contributed by atoms with Crippen molar-refractivity contribution in [2.45, 2.75) is 18.9 Å². The lowest BCUT2D eigenvalue weighted by Gasteiger charge is -2.14. The van der Waals surface area contributed by atoms with Crippen LogP contribution in [0.2, 0.25) is 0 Å². The van der Waals surface area contributed by atoms with Crippen molar-refractivity contribution in [3.8, 4) is 0 Å². The molecule has 2 aromatic rings. The fourth-order valence-electron chi connectivity index (χ4n) is 1.89. The maximum Gasteiger partial charge on any atom is 0.181 e. The van der Waals surface area contributed by atoms with Gasteiger partial charge in [0.25, 0.3) is 0 Å². The summed E-state index contributed by atoms with van der Waals surface area (Å²) in [5.41, 5.74) is 2.81. The molecule has 0 aliphatic rings. The van der Waals surface area contributed by atoms with Gasteiger partial charge in [-0.15, -0.1) is 0 Å². The zero-order valence-electron chi connectivity index (χ0n) is 10.2. The molecule has 98 valence electrons. The first kappa shape index (κ1) is 13.0. The Bertz CT molecular complexity index is 484. The smallest absolute Gasteiger partial charge is 0.181 e. The fourth-order valence-corrected chi connectivity index (χ4v) is 1.89. The first-order valence-corrected chi connectivity index (χ1v) is 6.10. The molecule has 0 aliphatic carbocycles. The quantitative estimate of drug-likeness (QED) is 0.674. The lowest BCUT2D eigenvalue weighted by molar-refractivity contribution is 0.201. The zero-order valence-corrected chi connectivity index (χ0v) is 10.2. The van der Waals surface area contributed by atoms with Gasteiger partial charge in [0, 0.05) is 12.6 Å². The predicted molar refractivity (Wildman–Crippen MR) is 68.3 cm³/mol. The highest BCUT2D eigenvalue weighted by atomic mass is 16.3. The SMILES string of the molecule is OCCC(CO)NCCc1ccc2ncoc2c1. The lowest BCUT2D eigenvalue weighted by atomic mass is 10.1. The summed E-state index contributed by atoms with van der Waals surface area (Å²) in [6, 6.07) is 5.89. The Morgan fingerprint density at radius 3 is 3.00 bits per heavy atom. The van der Waals surface area contributed by atoms with Crippen LogP contribution in [0.5, 0.6) is 0 Å². The zero-order chi connectivity index (χ0) is 12.8. The monoisotopic (exact) mass is 250 g/mol. The van der Waals surface area contributed by atoms with Gasteiger partial charge in [0.2, 0.25) is 0 Å². The predicted octanol–water partition coefficient (Wildman–Crippen LogP) is 0.703. The number of aliphatic hydroxyl groups excluding tert-OH is 2. The molecule has 2 rings (SSSR count). The van der Waals surface area contributed by atoms with E-state index in [2.05, 4.69) is 10.3 Å². The van der Waals surface area contributed by atoms with Gasteiger partial charge in [-0.2, -0.15) is 0 Å². The van der Waals surface area contributed by atoms with Crippen molar-refractivity contribution >= 4 is 11.1 Å². The molecule has 0 aliphatic heterocycles. The summed E-state index contributed by atoms with van der Waals surface area (Å²) < 4.78 is 5.24. The Morgan fingerprint density at radius 1 is 1.33 bits per heavy atom. The van der Waals surface area contributed by atoms with Gasteiger partial charge in [-0.05, 0) is 37.1 Å². The molecule has 1 heterocycles. The Balaban J connectivity index is 1.85. The van der Waals surface area contributed by atoms with Crippen molar-refractivity contribution in [1.82, 2.24) is 10.3 Å². The van der Waals surface area contributed by atoms with E-state index in [9.17, 15) is 0 Å². The van der Waals surface area contributed by atoms with Gasteiger partial charge in [-0.3, -0.25) is 0 Å². The molecule has 3 N–H and O–H groups in total. The highest BCUT2D eigenvalue weighted by molar-refractivity contribution is 5.72. The van der Waals surface area contributed by atoms with Crippen LogP contribution in [0.4, 0.5) is 0 Å². The lowest BCUT2D eigenvalue weighted by Crippen LogP contribution is -2.34. The summed E-state index contributed by atoms with van der Waals surface area (Å²) in [4.78, 5) is 4.06. The number of aliphatic hydroxyl groups is 2. The van der Waals surface area contributed by atoms with Crippen molar-refractivity contribution < 1.29 is 14.6 Å². The second-order valence-electron chi connectivity index (χ2n) is 4.25. The van der Waals surface area contributed by atoms with Crippen LogP contribution in [0.3, 0.4) is 0 Å². The van der Waals surface area contributed by atoms with Crippen LogP contribution in [-0.4, -0.2) is 41.0 Å². The van der Waals surface area contributed by atoms with Crippen LogP contribution in [-0.2, 0) is 6.42 Å². The van der Waals surface area contributed by atoms with E-state index in [0.29, 0.717) is 6.42 Å². The van der Waals surface area contributed by atoms with Gasteiger partial charge in [0.1, 0.15) is 5.52 Å². The fraction of sp³-hybridized carbons (Fsp3) is 0.462. The van der Waals surface area contributed by atoms with Crippen LogP contribution < -0.4 is 5.32 Å². The summed E-state index contributed by atoms with van der Waals surface area (Å²) in [5.74, 6) is 0. The van der Waals surface area contributed by atoms with E-state index in [0.717, 1.165) is 29.6 Å². The highest BCUT2D eigenvalue weighted by Gasteiger charge is 2.05. The molecule has 1 unspecified atom stereocenters. The molecule has 5 nitrogen and oxygen atoms in total. The molecule has 0 fully saturated rings. The second kappa shape index (κ2) is 6.49. The number of hydrogen-bond donors (Lipinski definition) is 3. The first-order chi connectivity index (χ1) is 8.83. The van der Waals surface area contributed by atoms with E-state index >= 15 is 0 Å². The normalized spacial score (nSPS) is 13.0. The standard InChI is InChI=1S/C13H18N2O3/c16-6-4-11(8-17)14-5-3-10-1-2-12-13(7-10)18-9-15-12/h1-2,7,9,11,14,16-17H,3-6,8H2. The molecular weight excluding hydrogens is 232 g/mol. The first-order valence-electron chi connectivity index (χ1n) is 6.10. The van der Waals surface area contributed by atoms with Crippen molar-refractivity contribution in [2.24, 2.45) is 0 Å². The molecule has 0 radical (unpaired) electrons. The van der Waals surface area contributed by atoms with E-state index in [1.165, 1.54) is 6.39 Å². The van der Waals surface area contributed by atoms with Gasteiger partial charge in [0.15, 0.2) is 12.0 Å². The topological polar surface area (TPSA) is 78.5 Å². The van der Waals surface area contributed by atoms with Crippen LogP contribution in [0, 0.1) is 0 Å². The Morgan fingerprint density at radius 2 is 2.22 bits per heavy atom. The maximum atomic E-state index is 9.07. The van der Waals surface area contributed by atoms with Crippen LogP contribution in [0.1, 0.15) is 12.0 Å². The molecule has 1 aromatic heterocycles. The van der Waals surface area contributed by atoms with Gasteiger partial charge < -0.3 is 19.9 Å². The van der Waals surface area contributed by atoms with E-state index in [4.69, 9.17) is 14.6 Å². The maximum absolute atomic E-state index is 9.07. The number of hydrogen-bond acceptors (Lipinski definition) is 5. The van der Waals surface area contributed by atoms with Gasteiger partial charge in [-0.1, -0.05) is 6.07 Å². The third-order valence-corrected chi connectivity index (χ3v) is 2.94. The Labute approximate surface area is 105 Å². The Kier molecular flexibility index (Phi) is 4.69. The summed E-state index contributed by atoms with van der Waals surface area (Å²) in [6.07, 6.45) is 2.85. The number of nitrogens with zero attached hydrogens (tertiary/aromatic N) is 1. The number of benzene rings is 1. The van der Waals surface area contributed by atoms with Crippen molar-refractivity contribution in [3.05, 3.63) is 30.2 Å². The number of oxazole rings is 1.